The third kappa shape index (κ3) is 7.38. The zero-order chi connectivity index (χ0) is 27.4. The molecule has 0 atom stereocenters. The zero-order valence-corrected chi connectivity index (χ0v) is 23.2. The highest BCUT2D eigenvalue weighted by Crippen LogP contribution is 2.36. The SMILES string of the molecule is CN(CCNS(=O)(=O)c1cc(S(=O)(=O)c2ccccc2)ccc1C(F)(F)F)C(=O)N(C)C1CCNCC1.Cl. The molecule has 1 saturated heterocycles. The van der Waals surface area contributed by atoms with E-state index in [1.165, 1.54) is 36.2 Å². The van der Waals surface area contributed by atoms with Crippen LogP contribution in [0.5, 0.6) is 0 Å². The van der Waals surface area contributed by atoms with Gasteiger partial charge in [0.25, 0.3) is 0 Å². The fraction of sp³-hybridized carbons (Fsp3) is 0.435. The summed E-state index contributed by atoms with van der Waals surface area (Å²) in [6.07, 6.45) is -3.51. The van der Waals surface area contributed by atoms with Gasteiger partial charge in [-0.25, -0.2) is 26.4 Å². The van der Waals surface area contributed by atoms with Gasteiger partial charge < -0.3 is 15.1 Å². The molecular weight excluding hydrogens is 569 g/mol. The van der Waals surface area contributed by atoms with Crippen molar-refractivity contribution in [2.75, 3.05) is 40.3 Å². The average molecular weight is 599 g/mol. The maximum atomic E-state index is 13.6. The molecule has 0 saturated carbocycles. The number of likely N-dealkylation sites (N-methyl/N-ethyl adjacent to an activating group) is 1. The van der Waals surface area contributed by atoms with E-state index in [1.807, 2.05) is 0 Å². The minimum absolute atomic E-state index is 0. The van der Waals surface area contributed by atoms with E-state index in [1.54, 1.807) is 18.0 Å². The number of piperidine rings is 1. The Kier molecular flexibility index (Phi) is 10.6. The number of amides is 2. The van der Waals surface area contributed by atoms with Gasteiger partial charge in [-0.2, -0.15) is 13.2 Å². The van der Waals surface area contributed by atoms with Gasteiger partial charge >= 0.3 is 12.2 Å². The molecule has 2 N–H and O–H groups in total. The van der Waals surface area contributed by atoms with E-state index < -0.39 is 41.4 Å². The lowest BCUT2D eigenvalue weighted by atomic mass is 10.1. The molecule has 2 aromatic carbocycles. The number of halogens is 4. The van der Waals surface area contributed by atoms with Crippen molar-refractivity contribution in [1.82, 2.24) is 19.8 Å². The van der Waals surface area contributed by atoms with Crippen LogP contribution in [0.4, 0.5) is 18.0 Å². The molecular formula is C23H30ClF3N4O5S2. The average Bonchev–Trinajstić information content (AvgIpc) is 2.87. The number of urea groups is 1. The Bertz CT molecular complexity index is 1320. The second-order valence-electron chi connectivity index (χ2n) is 8.67. The first-order chi connectivity index (χ1) is 17.2. The van der Waals surface area contributed by atoms with E-state index in [0.717, 1.165) is 32.0 Å². The standard InChI is InChI=1S/C23H29F3N4O5S2.ClH/c1-29(22(31)30(2)17-10-12-27-13-11-17)15-14-28-37(34,35)21-16-19(8-9-20(21)23(24,25)26)36(32,33)18-6-4-3-5-7-18;/h3-9,16-17,27-28H,10-15H2,1-2H3;1H. The summed E-state index contributed by atoms with van der Waals surface area (Å²) < 4.78 is 94.6. The molecule has 9 nitrogen and oxygen atoms in total. The van der Waals surface area contributed by atoms with Crippen LogP contribution < -0.4 is 10.0 Å². The first kappa shape index (κ1) is 31.8. The molecule has 38 heavy (non-hydrogen) atoms. The quantitative estimate of drug-likeness (QED) is 0.483. The fourth-order valence-electron chi connectivity index (χ4n) is 4.00. The van der Waals surface area contributed by atoms with Crippen LogP contribution in [-0.2, 0) is 26.0 Å². The molecule has 212 valence electrons. The molecule has 0 unspecified atom stereocenters. The molecule has 0 aliphatic carbocycles. The van der Waals surface area contributed by atoms with Crippen molar-refractivity contribution in [2.24, 2.45) is 0 Å². The molecule has 15 heteroatoms. The monoisotopic (exact) mass is 598 g/mol. The van der Waals surface area contributed by atoms with Gasteiger partial charge in [-0.15, -0.1) is 12.4 Å². The van der Waals surface area contributed by atoms with Crippen LogP contribution in [0.1, 0.15) is 18.4 Å². The lowest BCUT2D eigenvalue weighted by Gasteiger charge is -2.34. The third-order valence-electron chi connectivity index (χ3n) is 6.14. The largest absolute Gasteiger partial charge is 0.417 e. The number of carbonyl (C=O) groups is 1. The second kappa shape index (κ2) is 12.6. The summed E-state index contributed by atoms with van der Waals surface area (Å²) in [4.78, 5) is 13.5. The number of benzene rings is 2. The van der Waals surface area contributed by atoms with Crippen LogP contribution in [-0.4, -0.2) is 79.0 Å². The van der Waals surface area contributed by atoms with Gasteiger partial charge in [-0.1, -0.05) is 18.2 Å². The molecule has 0 bridgehead atoms. The maximum Gasteiger partial charge on any atom is 0.417 e. The highest BCUT2D eigenvalue weighted by molar-refractivity contribution is 7.91. The summed E-state index contributed by atoms with van der Waals surface area (Å²) in [7, 11) is -5.96. The minimum atomic E-state index is -5.05. The van der Waals surface area contributed by atoms with E-state index in [4.69, 9.17) is 0 Å². The normalized spacial score (nSPS) is 15.0. The number of sulfonamides is 1. The molecule has 2 aromatic rings. The van der Waals surface area contributed by atoms with E-state index in [0.29, 0.717) is 12.1 Å². The Morgan fingerprint density at radius 3 is 2.18 bits per heavy atom. The number of hydrogen-bond acceptors (Lipinski definition) is 6. The van der Waals surface area contributed by atoms with Crippen LogP contribution >= 0.6 is 12.4 Å². The van der Waals surface area contributed by atoms with Gasteiger partial charge in [0, 0.05) is 33.2 Å². The van der Waals surface area contributed by atoms with E-state index >= 15 is 0 Å². The molecule has 1 fully saturated rings. The summed E-state index contributed by atoms with van der Waals surface area (Å²) >= 11 is 0. The Balaban J connectivity index is 0.00000507. The van der Waals surface area contributed by atoms with Crippen LogP contribution in [0, 0.1) is 0 Å². The molecule has 0 aromatic heterocycles. The van der Waals surface area contributed by atoms with Gasteiger partial charge in [0.2, 0.25) is 19.9 Å². The fourth-order valence-corrected chi connectivity index (χ4v) is 6.66. The number of sulfone groups is 1. The molecule has 1 heterocycles. The molecule has 0 radical (unpaired) electrons. The number of alkyl halides is 3. The number of nitrogens with zero attached hydrogens (tertiary/aromatic N) is 2. The predicted octanol–water partition coefficient (Wildman–Crippen LogP) is 2.97. The molecule has 0 spiro atoms. The molecule has 1 aliphatic rings. The van der Waals surface area contributed by atoms with E-state index in [9.17, 15) is 34.8 Å². The van der Waals surface area contributed by atoms with Crippen LogP contribution in [0.25, 0.3) is 0 Å². The van der Waals surface area contributed by atoms with Crippen molar-refractivity contribution in [1.29, 1.82) is 0 Å². The van der Waals surface area contributed by atoms with Crippen LogP contribution in [0.15, 0.2) is 63.2 Å². The highest BCUT2D eigenvalue weighted by atomic mass is 35.5. The lowest BCUT2D eigenvalue weighted by molar-refractivity contribution is -0.139. The van der Waals surface area contributed by atoms with Gasteiger partial charge in [0.15, 0.2) is 0 Å². The molecule has 2 amide bonds. The number of carbonyl (C=O) groups excluding carboxylic acids is 1. The second-order valence-corrected chi connectivity index (χ2v) is 12.4. The Morgan fingerprint density at radius 1 is 1.00 bits per heavy atom. The van der Waals surface area contributed by atoms with Crippen LogP contribution in [0.3, 0.4) is 0 Å². The first-order valence-electron chi connectivity index (χ1n) is 11.4. The number of rotatable bonds is 8. The van der Waals surface area contributed by atoms with Gasteiger partial charge in [-0.3, -0.25) is 0 Å². The van der Waals surface area contributed by atoms with Crippen LogP contribution in [0.2, 0.25) is 0 Å². The topological polar surface area (TPSA) is 116 Å². The summed E-state index contributed by atoms with van der Waals surface area (Å²) in [6.45, 7) is 1.05. The number of hydrogen-bond donors (Lipinski definition) is 2. The predicted molar refractivity (Wildman–Crippen MR) is 137 cm³/mol. The number of nitrogens with one attached hydrogen (secondary N) is 2. The smallest absolute Gasteiger partial charge is 0.326 e. The van der Waals surface area contributed by atoms with Crippen molar-refractivity contribution in [3.05, 3.63) is 54.1 Å². The summed E-state index contributed by atoms with van der Waals surface area (Å²) in [5.74, 6) is 0. The van der Waals surface area contributed by atoms with Crippen molar-refractivity contribution >= 4 is 38.3 Å². The summed E-state index contributed by atoms with van der Waals surface area (Å²) in [5.41, 5.74) is -1.50. The van der Waals surface area contributed by atoms with E-state index in [-0.39, 0.29) is 42.5 Å². The van der Waals surface area contributed by atoms with Crippen molar-refractivity contribution < 1.29 is 34.8 Å². The lowest BCUT2D eigenvalue weighted by Crippen LogP contribution is -2.49. The van der Waals surface area contributed by atoms with Crippen molar-refractivity contribution in [3.63, 3.8) is 0 Å². The minimum Gasteiger partial charge on any atom is -0.326 e. The maximum absolute atomic E-state index is 13.6. The van der Waals surface area contributed by atoms with Crippen molar-refractivity contribution in [2.45, 2.75) is 39.7 Å². The van der Waals surface area contributed by atoms with Gasteiger partial charge in [0.05, 0.1) is 20.2 Å². The zero-order valence-electron chi connectivity index (χ0n) is 20.7. The molecule has 3 rings (SSSR count). The third-order valence-corrected chi connectivity index (χ3v) is 9.40. The molecule has 1 aliphatic heterocycles. The first-order valence-corrected chi connectivity index (χ1v) is 14.4. The Labute approximate surface area is 226 Å². The Morgan fingerprint density at radius 2 is 1.61 bits per heavy atom. The summed E-state index contributed by atoms with van der Waals surface area (Å²) in [6, 6.07) is 8.31. The summed E-state index contributed by atoms with van der Waals surface area (Å²) in [5, 5.41) is 3.20. The van der Waals surface area contributed by atoms with Crippen molar-refractivity contribution in [3.8, 4) is 0 Å². The van der Waals surface area contributed by atoms with Gasteiger partial charge in [0.1, 0.15) is 0 Å². The van der Waals surface area contributed by atoms with Gasteiger partial charge in [-0.05, 0) is 56.3 Å². The Hall–Kier alpha value is -2.39. The highest BCUT2D eigenvalue weighted by Gasteiger charge is 2.38. The van der Waals surface area contributed by atoms with E-state index in [2.05, 4.69) is 10.0 Å².